The molecule has 0 atom stereocenters. The van der Waals surface area contributed by atoms with Crippen molar-refractivity contribution in [3.63, 3.8) is 0 Å². The molecule has 0 amide bonds. The van der Waals surface area contributed by atoms with E-state index >= 15 is 0 Å². The lowest BCUT2D eigenvalue weighted by Gasteiger charge is -2.10. The Labute approximate surface area is 103 Å². The first-order chi connectivity index (χ1) is 8.16. The van der Waals surface area contributed by atoms with E-state index in [1.165, 1.54) is 23.7 Å². The van der Waals surface area contributed by atoms with E-state index in [1.54, 1.807) is 0 Å². The average molecular weight is 231 g/mol. The number of benzene rings is 1. The van der Waals surface area contributed by atoms with Gasteiger partial charge in [0.2, 0.25) is 0 Å². The first kappa shape index (κ1) is 12.0. The van der Waals surface area contributed by atoms with Gasteiger partial charge < -0.3 is 15.2 Å². The van der Waals surface area contributed by atoms with Gasteiger partial charge in [-0.15, -0.1) is 0 Å². The quantitative estimate of drug-likeness (QED) is 0.634. The number of aryl methyl sites for hydroxylation is 1. The van der Waals surface area contributed by atoms with Gasteiger partial charge in [0.15, 0.2) is 0 Å². The summed E-state index contributed by atoms with van der Waals surface area (Å²) in [6.07, 6.45) is 4.59. The van der Waals surface area contributed by atoms with Crippen LogP contribution in [0.3, 0.4) is 0 Å². The molecule has 2 aromatic rings. The SMILES string of the molecule is CN(C)CCCCn1ccc2ccc(N)cc21. The second-order valence-electron chi connectivity index (χ2n) is 4.84. The third-order valence-electron chi connectivity index (χ3n) is 3.05. The molecule has 0 saturated carbocycles. The largest absolute Gasteiger partial charge is 0.399 e. The van der Waals surface area contributed by atoms with E-state index in [1.807, 2.05) is 6.07 Å². The summed E-state index contributed by atoms with van der Waals surface area (Å²) in [5.41, 5.74) is 7.91. The number of nitrogens with two attached hydrogens (primary N) is 1. The molecule has 0 spiro atoms. The molecule has 1 aromatic carbocycles. The summed E-state index contributed by atoms with van der Waals surface area (Å²) in [6, 6.07) is 8.25. The van der Waals surface area contributed by atoms with Crippen LogP contribution in [0.2, 0.25) is 0 Å². The Bertz CT molecular complexity index is 485. The van der Waals surface area contributed by atoms with E-state index in [9.17, 15) is 0 Å². The summed E-state index contributed by atoms with van der Waals surface area (Å²) in [5, 5.41) is 1.27. The first-order valence-electron chi connectivity index (χ1n) is 6.16. The fourth-order valence-corrected chi connectivity index (χ4v) is 2.11. The standard InChI is InChI=1S/C14H21N3/c1-16(2)8-3-4-9-17-10-7-12-5-6-13(15)11-14(12)17/h5-7,10-11H,3-4,8-9,15H2,1-2H3. The Morgan fingerprint density at radius 1 is 1.18 bits per heavy atom. The van der Waals surface area contributed by atoms with E-state index in [2.05, 4.69) is 48.0 Å². The highest BCUT2D eigenvalue weighted by molar-refractivity contribution is 5.83. The molecule has 3 nitrogen and oxygen atoms in total. The third-order valence-corrected chi connectivity index (χ3v) is 3.05. The van der Waals surface area contributed by atoms with Gasteiger partial charge in [0.25, 0.3) is 0 Å². The molecule has 0 aliphatic rings. The van der Waals surface area contributed by atoms with Gasteiger partial charge in [-0.3, -0.25) is 0 Å². The van der Waals surface area contributed by atoms with Gasteiger partial charge in [0.05, 0.1) is 5.52 Å². The lowest BCUT2D eigenvalue weighted by Crippen LogP contribution is -2.13. The monoisotopic (exact) mass is 231 g/mol. The summed E-state index contributed by atoms with van der Waals surface area (Å²) in [7, 11) is 4.23. The zero-order valence-corrected chi connectivity index (χ0v) is 10.7. The van der Waals surface area contributed by atoms with Crippen LogP contribution in [0.4, 0.5) is 5.69 Å². The number of nitrogens with zero attached hydrogens (tertiary/aromatic N) is 2. The molecule has 0 fully saturated rings. The Hall–Kier alpha value is -1.48. The molecule has 3 heteroatoms. The molecule has 1 heterocycles. The Kier molecular flexibility index (Phi) is 3.69. The van der Waals surface area contributed by atoms with Crippen molar-refractivity contribution in [1.29, 1.82) is 0 Å². The topological polar surface area (TPSA) is 34.2 Å². The lowest BCUT2D eigenvalue weighted by molar-refractivity contribution is 0.388. The number of anilines is 1. The van der Waals surface area contributed by atoms with E-state index < -0.39 is 0 Å². The minimum absolute atomic E-state index is 0.839. The molecular weight excluding hydrogens is 210 g/mol. The predicted molar refractivity (Wildman–Crippen MR) is 74.1 cm³/mol. The van der Waals surface area contributed by atoms with Gasteiger partial charge in [-0.2, -0.15) is 0 Å². The zero-order chi connectivity index (χ0) is 12.3. The summed E-state index contributed by atoms with van der Waals surface area (Å²) >= 11 is 0. The van der Waals surface area contributed by atoms with Crippen LogP contribution in [-0.4, -0.2) is 30.1 Å². The predicted octanol–water partition coefficient (Wildman–Crippen LogP) is 2.57. The Morgan fingerprint density at radius 2 is 2.00 bits per heavy atom. The molecule has 2 rings (SSSR count). The molecule has 0 saturated heterocycles. The van der Waals surface area contributed by atoms with Crippen LogP contribution in [0.15, 0.2) is 30.5 Å². The van der Waals surface area contributed by atoms with Crippen LogP contribution in [-0.2, 0) is 6.54 Å². The minimum Gasteiger partial charge on any atom is -0.399 e. The second kappa shape index (κ2) is 5.23. The number of fused-ring (bicyclic) bond motifs is 1. The molecule has 2 N–H and O–H groups in total. The van der Waals surface area contributed by atoms with Crippen molar-refractivity contribution >= 4 is 16.6 Å². The number of unbranched alkanes of at least 4 members (excludes halogenated alkanes) is 1. The van der Waals surface area contributed by atoms with Gasteiger partial charge in [-0.05, 0) is 57.1 Å². The van der Waals surface area contributed by atoms with Crippen molar-refractivity contribution in [2.45, 2.75) is 19.4 Å². The van der Waals surface area contributed by atoms with Crippen molar-refractivity contribution in [1.82, 2.24) is 9.47 Å². The highest BCUT2D eigenvalue weighted by Crippen LogP contribution is 2.19. The normalized spacial score (nSPS) is 11.5. The molecule has 0 bridgehead atoms. The summed E-state index contributed by atoms with van der Waals surface area (Å²) < 4.78 is 2.29. The smallest absolute Gasteiger partial charge is 0.0500 e. The molecule has 0 radical (unpaired) electrons. The van der Waals surface area contributed by atoms with E-state index in [0.717, 1.165) is 18.8 Å². The molecule has 1 aromatic heterocycles. The average Bonchev–Trinajstić information content (AvgIpc) is 2.67. The number of aromatic nitrogens is 1. The second-order valence-corrected chi connectivity index (χ2v) is 4.84. The van der Waals surface area contributed by atoms with Crippen LogP contribution in [0.25, 0.3) is 10.9 Å². The fourth-order valence-electron chi connectivity index (χ4n) is 2.11. The van der Waals surface area contributed by atoms with Crippen molar-refractivity contribution < 1.29 is 0 Å². The number of hydrogen-bond donors (Lipinski definition) is 1. The number of nitrogen functional groups attached to an aromatic ring is 1. The van der Waals surface area contributed by atoms with Crippen LogP contribution in [0, 0.1) is 0 Å². The van der Waals surface area contributed by atoms with Crippen LogP contribution < -0.4 is 5.73 Å². The summed E-state index contributed by atoms with van der Waals surface area (Å²) in [6.45, 7) is 2.22. The maximum Gasteiger partial charge on any atom is 0.0500 e. The third kappa shape index (κ3) is 3.01. The van der Waals surface area contributed by atoms with Crippen molar-refractivity contribution in [2.75, 3.05) is 26.4 Å². The van der Waals surface area contributed by atoms with Crippen molar-refractivity contribution in [2.24, 2.45) is 0 Å². The molecule has 92 valence electrons. The maximum atomic E-state index is 5.83. The van der Waals surface area contributed by atoms with Gasteiger partial charge in [-0.25, -0.2) is 0 Å². The van der Waals surface area contributed by atoms with Gasteiger partial charge >= 0.3 is 0 Å². The first-order valence-corrected chi connectivity index (χ1v) is 6.16. The lowest BCUT2D eigenvalue weighted by atomic mass is 10.2. The van der Waals surface area contributed by atoms with Crippen LogP contribution in [0.1, 0.15) is 12.8 Å². The van der Waals surface area contributed by atoms with E-state index in [0.29, 0.717) is 0 Å². The fraction of sp³-hybridized carbons (Fsp3) is 0.429. The van der Waals surface area contributed by atoms with Gasteiger partial charge in [0, 0.05) is 18.4 Å². The van der Waals surface area contributed by atoms with Crippen molar-refractivity contribution in [3.8, 4) is 0 Å². The minimum atomic E-state index is 0.839. The van der Waals surface area contributed by atoms with E-state index in [4.69, 9.17) is 5.73 Å². The van der Waals surface area contributed by atoms with Gasteiger partial charge in [-0.1, -0.05) is 6.07 Å². The van der Waals surface area contributed by atoms with Crippen molar-refractivity contribution in [3.05, 3.63) is 30.5 Å². The Morgan fingerprint density at radius 3 is 2.76 bits per heavy atom. The van der Waals surface area contributed by atoms with Crippen LogP contribution in [0.5, 0.6) is 0 Å². The van der Waals surface area contributed by atoms with E-state index in [-0.39, 0.29) is 0 Å². The zero-order valence-electron chi connectivity index (χ0n) is 10.7. The summed E-state index contributed by atoms with van der Waals surface area (Å²) in [5.74, 6) is 0. The maximum absolute atomic E-state index is 5.83. The number of hydrogen-bond acceptors (Lipinski definition) is 2. The summed E-state index contributed by atoms with van der Waals surface area (Å²) in [4.78, 5) is 2.23. The molecule has 0 aliphatic carbocycles. The highest BCUT2D eigenvalue weighted by Gasteiger charge is 2.01. The van der Waals surface area contributed by atoms with Crippen LogP contribution >= 0.6 is 0 Å². The number of rotatable bonds is 5. The van der Waals surface area contributed by atoms with Gasteiger partial charge in [0.1, 0.15) is 0 Å². The molecule has 0 unspecified atom stereocenters. The Balaban J connectivity index is 2.01. The molecular formula is C14H21N3. The molecule has 17 heavy (non-hydrogen) atoms. The highest BCUT2D eigenvalue weighted by atomic mass is 15.0. The molecule has 0 aliphatic heterocycles.